The second kappa shape index (κ2) is 7.09. The molecule has 0 aliphatic heterocycles. The molecule has 0 spiro atoms. The molecule has 1 heterocycles. The molecule has 0 radical (unpaired) electrons. The Bertz CT molecular complexity index is 458. The smallest absolute Gasteiger partial charge is 0.263 e. The Hall–Kier alpha value is -1.45. The number of alkyl halides is 3. The first-order chi connectivity index (χ1) is 8.14. The van der Waals surface area contributed by atoms with Gasteiger partial charge >= 0.3 is 16.8 Å². The van der Waals surface area contributed by atoms with Crippen molar-refractivity contribution in [3.05, 3.63) is 42.7 Å². The van der Waals surface area contributed by atoms with Crippen LogP contribution in [0.4, 0.5) is 13.2 Å². The molecule has 0 amide bonds. The maximum atomic E-state index is 10.8. The predicted octanol–water partition coefficient (Wildman–Crippen LogP) is 2.14. The first-order valence-electron chi connectivity index (χ1n) is 4.39. The summed E-state index contributed by atoms with van der Waals surface area (Å²) >= 11 is 0. The van der Waals surface area contributed by atoms with Gasteiger partial charge in [0.1, 0.15) is 0 Å². The van der Waals surface area contributed by atoms with Crippen LogP contribution in [-0.2, 0) is 21.0 Å². The largest absolute Gasteiger partial charge is 0.538 e. The molecule has 0 saturated heterocycles. The third-order valence-corrected chi connectivity index (χ3v) is 1.68. The van der Waals surface area contributed by atoms with Crippen molar-refractivity contribution in [2.24, 2.45) is 0 Å². The quantitative estimate of drug-likeness (QED) is 0.680. The summed E-state index contributed by atoms with van der Waals surface area (Å²) in [6, 6.07) is 5.88. The van der Waals surface area contributed by atoms with E-state index in [9.17, 15) is 21.6 Å². The lowest BCUT2D eigenvalue weighted by atomic mass is 10.3. The van der Waals surface area contributed by atoms with E-state index in [0.29, 0.717) is 0 Å². The Morgan fingerprint density at radius 2 is 2.06 bits per heavy atom. The number of rotatable bonds is 3. The summed E-state index contributed by atoms with van der Waals surface area (Å²) in [5.41, 5.74) is 1.08. The van der Waals surface area contributed by atoms with Crippen molar-refractivity contribution in [2.45, 2.75) is 12.8 Å². The van der Waals surface area contributed by atoms with Gasteiger partial charge in [-0.3, -0.25) is 9.54 Å². The molecule has 5 nitrogen and oxygen atoms in total. The third-order valence-electron chi connectivity index (χ3n) is 1.28. The van der Waals surface area contributed by atoms with E-state index in [1.165, 1.54) is 0 Å². The average Bonchev–Trinajstić information content (AvgIpc) is 2.15. The summed E-state index contributed by atoms with van der Waals surface area (Å²) in [6.07, 6.45) is -0.852. The van der Waals surface area contributed by atoms with Crippen molar-refractivity contribution >= 4 is 10.4 Å². The van der Waals surface area contributed by atoms with Crippen molar-refractivity contribution in [3.63, 3.8) is 0 Å². The van der Waals surface area contributed by atoms with Crippen LogP contribution in [0.15, 0.2) is 37.1 Å². The highest BCUT2D eigenvalue weighted by Gasteiger charge is 2.35. The Morgan fingerprint density at radius 1 is 1.44 bits per heavy atom. The van der Waals surface area contributed by atoms with Gasteiger partial charge in [0.2, 0.25) is 0 Å². The van der Waals surface area contributed by atoms with E-state index in [0.717, 1.165) is 12.1 Å². The lowest BCUT2D eigenvalue weighted by Gasteiger charge is -2.00. The van der Waals surface area contributed by atoms with Gasteiger partial charge in [0.15, 0.2) is 0 Å². The molecule has 1 aromatic rings. The minimum absolute atomic E-state index is 0.862. The van der Waals surface area contributed by atoms with Crippen molar-refractivity contribution in [2.75, 3.05) is 0 Å². The fourth-order valence-electron chi connectivity index (χ4n) is 0.786. The van der Waals surface area contributed by atoms with Crippen molar-refractivity contribution < 1.29 is 30.3 Å². The zero-order valence-corrected chi connectivity index (χ0v) is 9.78. The van der Waals surface area contributed by atoms with Gasteiger partial charge in [0.25, 0.3) is 0 Å². The summed E-state index contributed by atoms with van der Waals surface area (Å²) in [7, 11) is -5.41. The number of hydrogen-bond donors (Lipinski definition) is 1. The molecule has 0 saturated carbocycles. The van der Waals surface area contributed by atoms with Gasteiger partial charge < -0.3 is 0 Å². The molecule has 0 aromatic carbocycles. The van der Waals surface area contributed by atoms with Crippen molar-refractivity contribution in [1.82, 2.24) is 4.98 Å². The van der Waals surface area contributed by atoms with Crippen LogP contribution in [-0.4, -0.2) is 24.3 Å². The van der Waals surface area contributed by atoms with Crippen LogP contribution in [0.5, 0.6) is 0 Å². The van der Waals surface area contributed by atoms with Crippen LogP contribution in [0.1, 0.15) is 5.69 Å². The van der Waals surface area contributed by atoms with Gasteiger partial charge in [0.05, 0.1) is 0 Å². The summed E-state index contributed by atoms with van der Waals surface area (Å²) in [5.74, 6) is 0. The minimum Gasteiger partial charge on any atom is -0.263 e. The van der Waals surface area contributed by atoms with Gasteiger partial charge in [-0.05, 0) is 12.1 Å². The molecule has 1 rings (SSSR count). The first kappa shape index (κ1) is 16.6. The van der Waals surface area contributed by atoms with E-state index in [1.54, 1.807) is 6.20 Å². The molecule has 1 aromatic heterocycles. The standard InChI is InChI=1S/C8H9N.CHF3O4S/c1-2-5-8-6-3-4-7-9-8;2-1(3,4)8-9(5,6)7/h2-4,6-7H,1,5H2;(H,5,6,7). The zero-order chi connectivity index (χ0) is 14.2. The highest BCUT2D eigenvalue weighted by molar-refractivity contribution is 7.80. The molecular weight excluding hydrogens is 275 g/mol. The van der Waals surface area contributed by atoms with E-state index < -0.39 is 16.8 Å². The highest BCUT2D eigenvalue weighted by atomic mass is 32.3. The number of aromatic nitrogens is 1. The Morgan fingerprint density at radius 3 is 2.33 bits per heavy atom. The van der Waals surface area contributed by atoms with E-state index in [4.69, 9.17) is 4.55 Å². The lowest BCUT2D eigenvalue weighted by Crippen LogP contribution is -2.18. The molecule has 0 bridgehead atoms. The van der Waals surface area contributed by atoms with Gasteiger partial charge in [0, 0.05) is 18.3 Å². The Labute approximate surface area is 102 Å². The van der Waals surface area contributed by atoms with Gasteiger partial charge in [-0.2, -0.15) is 8.42 Å². The molecule has 1 N–H and O–H groups in total. The third kappa shape index (κ3) is 11.0. The molecule has 0 unspecified atom stereocenters. The Kier molecular flexibility index (Phi) is 6.52. The maximum Gasteiger partial charge on any atom is 0.538 e. The summed E-state index contributed by atoms with van der Waals surface area (Å²) in [6.45, 7) is 3.62. The Balaban J connectivity index is 0.000000321. The molecule has 0 aliphatic rings. The van der Waals surface area contributed by atoms with E-state index in [-0.39, 0.29) is 0 Å². The van der Waals surface area contributed by atoms with Gasteiger partial charge in [-0.25, -0.2) is 0 Å². The second-order valence-corrected chi connectivity index (χ2v) is 3.79. The molecule has 0 fully saturated rings. The molecular formula is C9H10F3NO4S. The van der Waals surface area contributed by atoms with E-state index in [2.05, 4.69) is 15.7 Å². The first-order valence-corrected chi connectivity index (χ1v) is 5.76. The number of nitrogens with zero attached hydrogens (tertiary/aromatic N) is 1. The number of pyridine rings is 1. The molecule has 18 heavy (non-hydrogen) atoms. The maximum absolute atomic E-state index is 10.8. The molecule has 0 atom stereocenters. The van der Waals surface area contributed by atoms with Crippen LogP contribution in [0.3, 0.4) is 0 Å². The molecule has 102 valence electrons. The number of hydrogen-bond acceptors (Lipinski definition) is 4. The van der Waals surface area contributed by atoms with Gasteiger partial charge in [-0.15, -0.1) is 23.9 Å². The second-order valence-electron chi connectivity index (χ2n) is 2.77. The van der Waals surface area contributed by atoms with Crippen molar-refractivity contribution in [1.29, 1.82) is 0 Å². The summed E-state index contributed by atoms with van der Waals surface area (Å²) < 4.78 is 60.4. The normalized spacial score (nSPS) is 11.3. The number of halogens is 3. The van der Waals surface area contributed by atoms with Crippen LogP contribution < -0.4 is 0 Å². The van der Waals surface area contributed by atoms with Crippen LogP contribution in [0.25, 0.3) is 0 Å². The average molecular weight is 285 g/mol. The molecule has 9 heteroatoms. The van der Waals surface area contributed by atoms with Gasteiger partial charge in [-0.1, -0.05) is 12.1 Å². The van der Waals surface area contributed by atoms with E-state index in [1.807, 2.05) is 24.3 Å². The van der Waals surface area contributed by atoms with Crippen LogP contribution >= 0.6 is 0 Å². The number of allylic oxidation sites excluding steroid dienone is 1. The summed E-state index contributed by atoms with van der Waals surface area (Å²) in [5, 5.41) is 0. The lowest BCUT2D eigenvalue weighted by molar-refractivity contribution is -0.274. The fraction of sp³-hybridized carbons (Fsp3) is 0.222. The van der Waals surface area contributed by atoms with Crippen molar-refractivity contribution in [3.8, 4) is 0 Å². The monoisotopic (exact) mass is 285 g/mol. The van der Waals surface area contributed by atoms with E-state index >= 15 is 0 Å². The zero-order valence-electron chi connectivity index (χ0n) is 8.96. The van der Waals surface area contributed by atoms with Crippen LogP contribution in [0.2, 0.25) is 0 Å². The fourth-order valence-corrected chi connectivity index (χ4v) is 1.02. The molecule has 0 aliphatic carbocycles. The van der Waals surface area contributed by atoms with Crippen LogP contribution in [0, 0.1) is 0 Å². The highest BCUT2D eigenvalue weighted by Crippen LogP contribution is 2.18. The summed E-state index contributed by atoms with van der Waals surface area (Å²) in [4.78, 5) is 4.10. The minimum atomic E-state index is -5.41. The predicted molar refractivity (Wildman–Crippen MR) is 56.8 cm³/mol. The topological polar surface area (TPSA) is 76.5 Å². The SMILES string of the molecule is C=CCc1ccccn1.O=S(=O)(O)OC(F)(F)F.